The highest BCUT2D eigenvalue weighted by Gasteiger charge is 2.18. The number of nitrogen functional groups attached to an aromatic ring is 1. The van der Waals surface area contributed by atoms with Crippen molar-refractivity contribution in [3.05, 3.63) is 58.4 Å². The number of aromatic nitrogens is 1. The van der Waals surface area contributed by atoms with Crippen molar-refractivity contribution in [1.29, 1.82) is 0 Å². The Kier molecular flexibility index (Phi) is 4.32. The lowest BCUT2D eigenvalue weighted by Crippen LogP contribution is -2.12. The maximum absolute atomic E-state index is 12.4. The molecular weight excluding hydrogens is 284 g/mol. The van der Waals surface area contributed by atoms with Gasteiger partial charge in [0.25, 0.3) is 0 Å². The lowest BCUT2D eigenvalue weighted by molar-refractivity contribution is 0.593. The summed E-state index contributed by atoms with van der Waals surface area (Å²) in [7, 11) is -3.28. The van der Waals surface area contributed by atoms with Gasteiger partial charge in [-0.1, -0.05) is 24.3 Å². The predicted octanol–water partition coefficient (Wildman–Crippen LogP) is 2.70. The highest BCUT2D eigenvalue weighted by Crippen LogP contribution is 2.21. The third kappa shape index (κ3) is 3.61. The molecule has 0 bridgehead atoms. The van der Waals surface area contributed by atoms with Crippen LogP contribution >= 0.6 is 0 Å². The van der Waals surface area contributed by atoms with Gasteiger partial charge in [0.15, 0.2) is 9.84 Å². The van der Waals surface area contributed by atoms with Crippen LogP contribution in [0, 0.1) is 20.8 Å². The summed E-state index contributed by atoms with van der Waals surface area (Å²) in [5, 5.41) is 0. The smallest absolute Gasteiger partial charge is 0.160 e. The Balaban J connectivity index is 2.27. The quantitative estimate of drug-likeness (QED) is 0.942. The second-order valence-electron chi connectivity index (χ2n) is 5.39. The molecule has 112 valence electrons. The molecule has 21 heavy (non-hydrogen) atoms. The number of pyridine rings is 1. The van der Waals surface area contributed by atoms with Crippen molar-refractivity contribution in [2.45, 2.75) is 32.3 Å². The van der Waals surface area contributed by atoms with Crippen LogP contribution < -0.4 is 5.73 Å². The fourth-order valence-corrected chi connectivity index (χ4v) is 3.81. The molecule has 0 aliphatic heterocycles. The van der Waals surface area contributed by atoms with E-state index in [9.17, 15) is 8.42 Å². The molecule has 2 rings (SSSR count). The summed E-state index contributed by atoms with van der Waals surface area (Å²) in [5.74, 6) is -0.0633. The molecule has 0 atom stereocenters. The summed E-state index contributed by atoms with van der Waals surface area (Å²) in [6.45, 7) is 5.59. The Morgan fingerprint density at radius 1 is 1.05 bits per heavy atom. The summed E-state index contributed by atoms with van der Waals surface area (Å²) >= 11 is 0. The largest absolute Gasteiger partial charge is 0.398 e. The Hall–Kier alpha value is -1.88. The number of benzene rings is 1. The molecule has 5 heteroatoms. The molecule has 2 N–H and O–H groups in total. The lowest BCUT2D eigenvalue weighted by atomic mass is 10.1. The van der Waals surface area contributed by atoms with Gasteiger partial charge in [0.2, 0.25) is 0 Å². The van der Waals surface area contributed by atoms with Crippen molar-refractivity contribution in [3.63, 3.8) is 0 Å². The normalized spacial score (nSPS) is 11.6. The summed E-state index contributed by atoms with van der Waals surface area (Å²) in [4.78, 5) is 4.23. The SMILES string of the molecule is Cc1ccccc1CS(=O)(=O)Cc1ncc(C)c(N)c1C. The summed E-state index contributed by atoms with van der Waals surface area (Å²) in [5.41, 5.74) is 10.5. The number of nitrogens with zero attached hydrogens (tertiary/aromatic N) is 1. The van der Waals surface area contributed by atoms with E-state index in [0.29, 0.717) is 11.4 Å². The zero-order valence-electron chi connectivity index (χ0n) is 12.6. The monoisotopic (exact) mass is 304 g/mol. The number of hydrogen-bond donors (Lipinski definition) is 1. The van der Waals surface area contributed by atoms with E-state index >= 15 is 0 Å². The molecule has 0 aliphatic rings. The molecule has 0 saturated heterocycles. The predicted molar refractivity (Wildman–Crippen MR) is 85.6 cm³/mol. The third-order valence-electron chi connectivity index (χ3n) is 3.67. The highest BCUT2D eigenvalue weighted by molar-refractivity contribution is 7.89. The molecule has 0 radical (unpaired) electrons. The summed E-state index contributed by atoms with van der Waals surface area (Å²) < 4.78 is 24.8. The first-order valence-corrected chi connectivity index (χ1v) is 8.58. The summed E-state index contributed by atoms with van der Waals surface area (Å²) in [6.07, 6.45) is 1.63. The van der Waals surface area contributed by atoms with Gasteiger partial charge in [0, 0.05) is 11.9 Å². The topological polar surface area (TPSA) is 73.0 Å². The molecule has 0 spiro atoms. The van der Waals surface area contributed by atoms with Gasteiger partial charge in [-0.25, -0.2) is 8.42 Å². The molecule has 2 aromatic rings. The van der Waals surface area contributed by atoms with E-state index in [1.807, 2.05) is 45.0 Å². The molecule has 0 amide bonds. The van der Waals surface area contributed by atoms with Crippen molar-refractivity contribution in [1.82, 2.24) is 4.98 Å². The second kappa shape index (κ2) is 5.85. The van der Waals surface area contributed by atoms with Crippen LogP contribution in [-0.4, -0.2) is 13.4 Å². The van der Waals surface area contributed by atoms with Crippen LogP contribution in [0.5, 0.6) is 0 Å². The molecule has 0 unspecified atom stereocenters. The minimum Gasteiger partial charge on any atom is -0.398 e. The van der Waals surface area contributed by atoms with Gasteiger partial charge >= 0.3 is 0 Å². The molecule has 0 saturated carbocycles. The van der Waals surface area contributed by atoms with Crippen LogP contribution in [0.15, 0.2) is 30.5 Å². The lowest BCUT2D eigenvalue weighted by Gasteiger charge is -2.11. The van der Waals surface area contributed by atoms with E-state index in [-0.39, 0.29) is 11.5 Å². The van der Waals surface area contributed by atoms with E-state index in [1.54, 1.807) is 6.20 Å². The van der Waals surface area contributed by atoms with Crippen LogP contribution in [0.4, 0.5) is 5.69 Å². The fraction of sp³-hybridized carbons (Fsp3) is 0.312. The van der Waals surface area contributed by atoms with Crippen LogP contribution in [0.25, 0.3) is 0 Å². The maximum Gasteiger partial charge on any atom is 0.160 e. The summed E-state index contributed by atoms with van der Waals surface area (Å²) in [6, 6.07) is 7.51. The van der Waals surface area contributed by atoms with Gasteiger partial charge < -0.3 is 5.73 Å². The van der Waals surface area contributed by atoms with E-state index in [2.05, 4.69) is 4.98 Å². The zero-order valence-corrected chi connectivity index (χ0v) is 13.4. The van der Waals surface area contributed by atoms with Crippen LogP contribution in [0.1, 0.15) is 27.9 Å². The number of hydrogen-bond acceptors (Lipinski definition) is 4. The van der Waals surface area contributed by atoms with Crippen LogP contribution in [-0.2, 0) is 21.3 Å². The Morgan fingerprint density at radius 3 is 2.38 bits per heavy atom. The Bertz CT molecular complexity index is 768. The first-order chi connectivity index (χ1) is 9.80. The molecule has 0 aliphatic carbocycles. The minimum atomic E-state index is -3.28. The Labute approximate surface area is 125 Å². The van der Waals surface area contributed by atoms with Gasteiger partial charge in [0.1, 0.15) is 0 Å². The first-order valence-electron chi connectivity index (χ1n) is 6.75. The number of sulfone groups is 1. The average molecular weight is 304 g/mol. The van der Waals surface area contributed by atoms with Crippen molar-refractivity contribution >= 4 is 15.5 Å². The number of nitrogens with two attached hydrogens (primary N) is 1. The van der Waals surface area contributed by atoms with Gasteiger partial charge in [-0.05, 0) is 43.0 Å². The van der Waals surface area contributed by atoms with Crippen molar-refractivity contribution in [2.75, 3.05) is 5.73 Å². The molecular formula is C16H20N2O2S. The van der Waals surface area contributed by atoms with Gasteiger partial charge in [-0.15, -0.1) is 0 Å². The van der Waals surface area contributed by atoms with Crippen molar-refractivity contribution in [3.8, 4) is 0 Å². The second-order valence-corrected chi connectivity index (χ2v) is 7.45. The number of anilines is 1. The van der Waals surface area contributed by atoms with Crippen molar-refractivity contribution in [2.24, 2.45) is 0 Å². The molecule has 4 nitrogen and oxygen atoms in total. The third-order valence-corrected chi connectivity index (χ3v) is 5.13. The Morgan fingerprint density at radius 2 is 1.71 bits per heavy atom. The molecule has 1 heterocycles. The van der Waals surface area contributed by atoms with Gasteiger partial charge in [0.05, 0.1) is 17.2 Å². The van der Waals surface area contributed by atoms with E-state index in [1.165, 1.54) is 0 Å². The average Bonchev–Trinajstić information content (AvgIpc) is 2.42. The minimum absolute atomic E-state index is 0.0224. The van der Waals surface area contributed by atoms with Gasteiger partial charge in [-0.3, -0.25) is 4.98 Å². The van der Waals surface area contributed by atoms with Crippen LogP contribution in [0.2, 0.25) is 0 Å². The maximum atomic E-state index is 12.4. The standard InChI is InChI=1S/C16H20N2O2S/c1-11-6-4-5-7-14(11)9-21(19,20)10-15-13(3)16(17)12(2)8-18-15/h4-8H,9-10H2,1-3H3,(H2,17,18). The van der Waals surface area contributed by atoms with E-state index in [4.69, 9.17) is 5.73 Å². The molecule has 1 aromatic heterocycles. The van der Waals surface area contributed by atoms with E-state index < -0.39 is 9.84 Å². The van der Waals surface area contributed by atoms with Crippen molar-refractivity contribution < 1.29 is 8.42 Å². The van der Waals surface area contributed by atoms with E-state index in [0.717, 1.165) is 22.3 Å². The highest BCUT2D eigenvalue weighted by atomic mass is 32.2. The fourth-order valence-electron chi connectivity index (χ4n) is 2.21. The number of rotatable bonds is 4. The van der Waals surface area contributed by atoms with Gasteiger partial charge in [-0.2, -0.15) is 0 Å². The molecule has 1 aromatic carbocycles. The van der Waals surface area contributed by atoms with Crippen LogP contribution in [0.3, 0.4) is 0 Å². The zero-order chi connectivity index (χ0) is 15.6. The number of aryl methyl sites for hydroxylation is 2. The first kappa shape index (κ1) is 15.5. The molecule has 0 fully saturated rings.